The first-order chi connectivity index (χ1) is 9.70. The Labute approximate surface area is 120 Å². The topological polar surface area (TPSA) is 52.6 Å². The molecule has 1 fully saturated rings. The first-order valence-corrected chi connectivity index (χ1v) is 7.45. The van der Waals surface area contributed by atoms with E-state index in [-0.39, 0.29) is 18.6 Å². The fourth-order valence-electron chi connectivity index (χ4n) is 2.64. The monoisotopic (exact) mass is 276 g/mol. The largest absolute Gasteiger partial charge is 0.392 e. The molecule has 1 aliphatic rings. The van der Waals surface area contributed by atoms with Crippen LogP contribution in [0.1, 0.15) is 38.2 Å². The summed E-state index contributed by atoms with van der Waals surface area (Å²) in [6, 6.07) is 7.25. The summed E-state index contributed by atoms with van der Waals surface area (Å²) in [5, 5.41) is 12.1. The molecule has 1 heterocycles. The Morgan fingerprint density at radius 1 is 1.30 bits per heavy atom. The quantitative estimate of drug-likeness (QED) is 0.888. The van der Waals surface area contributed by atoms with Crippen LogP contribution in [-0.4, -0.2) is 35.0 Å². The minimum absolute atomic E-state index is 0.00854. The van der Waals surface area contributed by atoms with E-state index in [0.29, 0.717) is 0 Å². The maximum absolute atomic E-state index is 12.3. The Kier molecular flexibility index (Phi) is 5.56. The second-order valence-corrected chi connectivity index (χ2v) is 5.47. The maximum Gasteiger partial charge on any atom is 0.241 e. The van der Waals surface area contributed by atoms with Crippen LogP contribution in [0.5, 0.6) is 0 Å². The zero-order chi connectivity index (χ0) is 14.4. The van der Waals surface area contributed by atoms with Crippen LogP contribution in [0.3, 0.4) is 0 Å². The first-order valence-electron chi connectivity index (χ1n) is 7.45. The minimum atomic E-state index is -0.106. The second-order valence-electron chi connectivity index (χ2n) is 5.47. The van der Waals surface area contributed by atoms with Crippen molar-refractivity contribution in [2.24, 2.45) is 0 Å². The van der Waals surface area contributed by atoms with E-state index in [1.54, 1.807) is 0 Å². The van der Waals surface area contributed by atoms with Gasteiger partial charge in [-0.3, -0.25) is 9.69 Å². The van der Waals surface area contributed by atoms with Crippen LogP contribution in [0.25, 0.3) is 0 Å². The van der Waals surface area contributed by atoms with Gasteiger partial charge in [0, 0.05) is 5.69 Å². The SMILES string of the molecule is CC(C(=O)Nc1cccc(CO)c1)N1CCCCCC1. The summed E-state index contributed by atoms with van der Waals surface area (Å²) in [5.74, 6) is 0.0296. The summed E-state index contributed by atoms with van der Waals surface area (Å²) in [6.45, 7) is 3.97. The molecular formula is C16H24N2O2. The molecular weight excluding hydrogens is 252 g/mol. The molecule has 4 heteroatoms. The zero-order valence-corrected chi connectivity index (χ0v) is 12.1. The molecule has 2 N–H and O–H groups in total. The Morgan fingerprint density at radius 2 is 2.00 bits per heavy atom. The first kappa shape index (κ1) is 15.0. The van der Waals surface area contributed by atoms with Crippen LogP contribution in [0.15, 0.2) is 24.3 Å². The fraction of sp³-hybridized carbons (Fsp3) is 0.562. The van der Waals surface area contributed by atoms with Gasteiger partial charge in [0.05, 0.1) is 12.6 Å². The molecule has 0 aliphatic carbocycles. The number of anilines is 1. The van der Waals surface area contributed by atoms with E-state index in [4.69, 9.17) is 5.11 Å². The van der Waals surface area contributed by atoms with Crippen LogP contribution in [0.2, 0.25) is 0 Å². The highest BCUT2D eigenvalue weighted by Crippen LogP contribution is 2.15. The average molecular weight is 276 g/mol. The normalized spacial score (nSPS) is 18.3. The molecule has 1 atom stereocenters. The van der Waals surface area contributed by atoms with Gasteiger partial charge in [0.2, 0.25) is 5.91 Å². The molecule has 0 bridgehead atoms. The van der Waals surface area contributed by atoms with Gasteiger partial charge < -0.3 is 10.4 Å². The number of hydrogen-bond acceptors (Lipinski definition) is 3. The molecule has 1 aromatic carbocycles. The number of likely N-dealkylation sites (tertiary alicyclic amines) is 1. The van der Waals surface area contributed by atoms with Crippen molar-refractivity contribution >= 4 is 11.6 Å². The maximum atomic E-state index is 12.3. The second kappa shape index (κ2) is 7.41. The van der Waals surface area contributed by atoms with Crippen LogP contribution < -0.4 is 5.32 Å². The number of nitrogens with zero attached hydrogens (tertiary/aromatic N) is 1. The molecule has 1 saturated heterocycles. The third kappa shape index (κ3) is 4.05. The van der Waals surface area contributed by atoms with Crippen molar-refractivity contribution in [1.29, 1.82) is 0 Å². The van der Waals surface area contributed by atoms with Gasteiger partial charge in [-0.2, -0.15) is 0 Å². The number of nitrogens with one attached hydrogen (secondary N) is 1. The van der Waals surface area contributed by atoms with Crippen molar-refractivity contribution in [2.75, 3.05) is 18.4 Å². The molecule has 4 nitrogen and oxygen atoms in total. The third-order valence-electron chi connectivity index (χ3n) is 3.94. The number of aliphatic hydroxyl groups is 1. The van der Waals surface area contributed by atoms with Crippen molar-refractivity contribution in [3.63, 3.8) is 0 Å². The molecule has 1 unspecified atom stereocenters. The Balaban J connectivity index is 1.95. The number of amides is 1. The van der Waals surface area contributed by atoms with E-state index in [1.807, 2.05) is 31.2 Å². The van der Waals surface area contributed by atoms with Crippen molar-refractivity contribution in [3.8, 4) is 0 Å². The van der Waals surface area contributed by atoms with Gasteiger partial charge in [-0.15, -0.1) is 0 Å². The number of carbonyl (C=O) groups is 1. The van der Waals surface area contributed by atoms with Gasteiger partial charge in [0.15, 0.2) is 0 Å². The van der Waals surface area contributed by atoms with Crippen molar-refractivity contribution in [3.05, 3.63) is 29.8 Å². The van der Waals surface area contributed by atoms with Crippen LogP contribution >= 0.6 is 0 Å². The van der Waals surface area contributed by atoms with E-state index in [1.165, 1.54) is 25.7 Å². The highest BCUT2D eigenvalue weighted by molar-refractivity contribution is 5.94. The molecule has 1 aliphatic heterocycles. The summed E-state index contributed by atoms with van der Waals surface area (Å²) < 4.78 is 0. The third-order valence-corrected chi connectivity index (χ3v) is 3.94. The predicted molar refractivity (Wildman–Crippen MR) is 80.5 cm³/mol. The molecule has 110 valence electrons. The van der Waals surface area contributed by atoms with Gasteiger partial charge in [-0.25, -0.2) is 0 Å². The Bertz CT molecular complexity index is 440. The van der Waals surface area contributed by atoms with Gasteiger partial charge in [-0.1, -0.05) is 25.0 Å². The predicted octanol–water partition coefficient (Wildman–Crippen LogP) is 2.38. The van der Waals surface area contributed by atoms with E-state index in [9.17, 15) is 4.79 Å². The van der Waals surface area contributed by atoms with Gasteiger partial charge >= 0.3 is 0 Å². The summed E-state index contributed by atoms with van der Waals surface area (Å²) in [7, 11) is 0. The lowest BCUT2D eigenvalue weighted by Gasteiger charge is -2.26. The Morgan fingerprint density at radius 3 is 2.65 bits per heavy atom. The number of benzene rings is 1. The number of hydrogen-bond donors (Lipinski definition) is 2. The number of rotatable bonds is 4. The zero-order valence-electron chi connectivity index (χ0n) is 12.1. The van der Waals surface area contributed by atoms with Gasteiger partial charge in [-0.05, 0) is 50.6 Å². The number of carbonyl (C=O) groups excluding carboxylic acids is 1. The molecule has 20 heavy (non-hydrogen) atoms. The van der Waals surface area contributed by atoms with E-state index in [2.05, 4.69) is 10.2 Å². The van der Waals surface area contributed by atoms with E-state index in [0.717, 1.165) is 24.3 Å². The fourth-order valence-corrected chi connectivity index (χ4v) is 2.64. The van der Waals surface area contributed by atoms with E-state index >= 15 is 0 Å². The van der Waals surface area contributed by atoms with E-state index < -0.39 is 0 Å². The molecule has 1 amide bonds. The Hall–Kier alpha value is -1.39. The molecule has 2 rings (SSSR count). The molecule has 1 aromatic rings. The van der Waals surface area contributed by atoms with Crippen LogP contribution in [0, 0.1) is 0 Å². The standard InChI is InChI=1S/C16H24N2O2/c1-13(18-9-4-2-3-5-10-18)16(20)17-15-8-6-7-14(11-15)12-19/h6-8,11,13,19H,2-5,9-10,12H2,1H3,(H,17,20). The van der Waals surface area contributed by atoms with Crippen molar-refractivity contribution in [1.82, 2.24) is 4.90 Å². The van der Waals surface area contributed by atoms with Crippen molar-refractivity contribution in [2.45, 2.75) is 45.3 Å². The molecule has 0 saturated carbocycles. The van der Waals surface area contributed by atoms with Gasteiger partial charge in [0.25, 0.3) is 0 Å². The molecule has 0 spiro atoms. The summed E-state index contributed by atoms with van der Waals surface area (Å²) in [6.07, 6.45) is 4.89. The molecule has 0 radical (unpaired) electrons. The minimum Gasteiger partial charge on any atom is -0.392 e. The van der Waals surface area contributed by atoms with Crippen LogP contribution in [0.4, 0.5) is 5.69 Å². The summed E-state index contributed by atoms with van der Waals surface area (Å²) >= 11 is 0. The van der Waals surface area contributed by atoms with Crippen LogP contribution in [-0.2, 0) is 11.4 Å². The van der Waals surface area contributed by atoms with Gasteiger partial charge in [0.1, 0.15) is 0 Å². The lowest BCUT2D eigenvalue weighted by atomic mass is 10.2. The smallest absolute Gasteiger partial charge is 0.241 e. The molecule has 0 aromatic heterocycles. The highest BCUT2D eigenvalue weighted by Gasteiger charge is 2.22. The highest BCUT2D eigenvalue weighted by atomic mass is 16.3. The number of aliphatic hydroxyl groups excluding tert-OH is 1. The average Bonchev–Trinajstić information content (AvgIpc) is 2.75. The summed E-state index contributed by atoms with van der Waals surface area (Å²) in [4.78, 5) is 14.6. The lowest BCUT2D eigenvalue weighted by molar-refractivity contribution is -0.120. The lowest BCUT2D eigenvalue weighted by Crippen LogP contribution is -2.42. The summed E-state index contributed by atoms with van der Waals surface area (Å²) in [5.41, 5.74) is 1.56. The van der Waals surface area contributed by atoms with Crippen molar-refractivity contribution < 1.29 is 9.90 Å².